The standard InChI is InChI=1S/C14H23N3OS/c1-4-17(9-12-7-5-6-8-15-12)14(18)13-10(2)16-11(3)19-13/h12,15H,4-9H2,1-3H3. The van der Waals surface area contributed by atoms with E-state index in [1.807, 2.05) is 25.7 Å². The van der Waals surface area contributed by atoms with Crippen molar-refractivity contribution in [2.24, 2.45) is 0 Å². The van der Waals surface area contributed by atoms with Crippen LogP contribution in [0.5, 0.6) is 0 Å². The molecule has 1 fully saturated rings. The molecule has 0 bridgehead atoms. The molecule has 106 valence electrons. The van der Waals surface area contributed by atoms with Crippen molar-refractivity contribution in [3.63, 3.8) is 0 Å². The minimum absolute atomic E-state index is 0.137. The zero-order valence-corrected chi connectivity index (χ0v) is 12.8. The van der Waals surface area contributed by atoms with Crippen molar-refractivity contribution in [3.8, 4) is 0 Å². The molecule has 1 aromatic rings. The Morgan fingerprint density at radius 3 is 2.79 bits per heavy atom. The second kappa shape index (κ2) is 6.48. The van der Waals surface area contributed by atoms with Gasteiger partial charge in [-0.3, -0.25) is 4.79 Å². The lowest BCUT2D eigenvalue weighted by molar-refractivity contribution is 0.0745. The van der Waals surface area contributed by atoms with Gasteiger partial charge in [-0.2, -0.15) is 0 Å². The number of piperidine rings is 1. The predicted octanol–water partition coefficient (Wildman–Crippen LogP) is 2.36. The molecule has 1 aromatic heterocycles. The summed E-state index contributed by atoms with van der Waals surface area (Å²) in [4.78, 5) is 19.7. The van der Waals surface area contributed by atoms with Crippen molar-refractivity contribution in [1.82, 2.24) is 15.2 Å². The first-order valence-corrected chi connectivity index (χ1v) is 7.90. The Labute approximate surface area is 119 Å². The smallest absolute Gasteiger partial charge is 0.265 e. The first kappa shape index (κ1) is 14.5. The number of hydrogen-bond acceptors (Lipinski definition) is 4. The number of aryl methyl sites for hydroxylation is 2. The van der Waals surface area contributed by atoms with E-state index in [0.717, 1.165) is 35.2 Å². The number of likely N-dealkylation sites (N-methyl/N-ethyl adjacent to an activating group) is 1. The maximum atomic E-state index is 12.6. The number of rotatable bonds is 4. The fraction of sp³-hybridized carbons (Fsp3) is 0.714. The maximum absolute atomic E-state index is 12.6. The van der Waals surface area contributed by atoms with Crippen molar-refractivity contribution >= 4 is 17.2 Å². The molecule has 1 saturated heterocycles. The van der Waals surface area contributed by atoms with Crippen LogP contribution in [0.4, 0.5) is 0 Å². The van der Waals surface area contributed by atoms with E-state index >= 15 is 0 Å². The van der Waals surface area contributed by atoms with Crippen LogP contribution in [0.3, 0.4) is 0 Å². The normalized spacial score (nSPS) is 19.4. The molecule has 0 saturated carbocycles. The first-order chi connectivity index (χ1) is 9.11. The number of carbonyl (C=O) groups is 1. The molecule has 0 aliphatic carbocycles. The van der Waals surface area contributed by atoms with Crippen LogP contribution >= 0.6 is 11.3 Å². The molecule has 4 nitrogen and oxygen atoms in total. The van der Waals surface area contributed by atoms with Crippen LogP contribution in [0.25, 0.3) is 0 Å². The Kier molecular flexibility index (Phi) is 4.93. The Morgan fingerprint density at radius 1 is 1.47 bits per heavy atom. The largest absolute Gasteiger partial charge is 0.337 e. The van der Waals surface area contributed by atoms with Crippen molar-refractivity contribution in [3.05, 3.63) is 15.6 Å². The van der Waals surface area contributed by atoms with Crippen LogP contribution in [0.1, 0.15) is 46.6 Å². The molecule has 1 amide bonds. The van der Waals surface area contributed by atoms with E-state index in [1.165, 1.54) is 30.6 Å². The molecule has 0 spiro atoms. The molecule has 1 aliphatic heterocycles. The van der Waals surface area contributed by atoms with Gasteiger partial charge >= 0.3 is 0 Å². The second-order valence-electron chi connectivity index (χ2n) is 5.14. The number of carbonyl (C=O) groups excluding carboxylic acids is 1. The summed E-state index contributed by atoms with van der Waals surface area (Å²) >= 11 is 1.51. The Balaban J connectivity index is 2.04. The van der Waals surface area contributed by atoms with E-state index in [0.29, 0.717) is 6.04 Å². The van der Waals surface area contributed by atoms with Gasteiger partial charge in [0.2, 0.25) is 0 Å². The summed E-state index contributed by atoms with van der Waals surface area (Å²) in [7, 11) is 0. The van der Waals surface area contributed by atoms with Gasteiger partial charge in [-0.1, -0.05) is 6.42 Å². The molecule has 1 N–H and O–H groups in total. The summed E-state index contributed by atoms with van der Waals surface area (Å²) in [5.41, 5.74) is 0.863. The highest BCUT2D eigenvalue weighted by Crippen LogP contribution is 2.20. The van der Waals surface area contributed by atoms with Crippen LogP contribution in [0.2, 0.25) is 0 Å². The molecule has 2 rings (SSSR count). The van der Waals surface area contributed by atoms with E-state index in [-0.39, 0.29) is 5.91 Å². The first-order valence-electron chi connectivity index (χ1n) is 7.08. The SMILES string of the molecule is CCN(CC1CCCCN1)C(=O)c1sc(C)nc1C. The molecule has 1 atom stereocenters. The lowest BCUT2D eigenvalue weighted by atomic mass is 10.0. The van der Waals surface area contributed by atoms with Crippen LogP contribution in [0.15, 0.2) is 0 Å². The Bertz CT molecular complexity index is 438. The summed E-state index contributed by atoms with van der Waals surface area (Å²) in [6, 6.07) is 0.451. The maximum Gasteiger partial charge on any atom is 0.265 e. The number of hydrogen-bond donors (Lipinski definition) is 1. The quantitative estimate of drug-likeness (QED) is 0.921. The van der Waals surface area contributed by atoms with Gasteiger partial charge in [-0.05, 0) is 40.2 Å². The molecule has 5 heteroatoms. The van der Waals surface area contributed by atoms with Gasteiger partial charge in [0.25, 0.3) is 5.91 Å². The van der Waals surface area contributed by atoms with Crippen molar-refractivity contribution < 1.29 is 4.79 Å². The van der Waals surface area contributed by atoms with Gasteiger partial charge in [0, 0.05) is 19.1 Å². The minimum Gasteiger partial charge on any atom is -0.337 e. The second-order valence-corrected chi connectivity index (χ2v) is 6.34. The number of amides is 1. The topological polar surface area (TPSA) is 45.2 Å². The van der Waals surface area contributed by atoms with Gasteiger partial charge < -0.3 is 10.2 Å². The summed E-state index contributed by atoms with van der Waals surface area (Å²) in [5, 5.41) is 4.47. The van der Waals surface area contributed by atoms with E-state index < -0.39 is 0 Å². The molecule has 1 aliphatic rings. The number of aromatic nitrogens is 1. The lowest BCUT2D eigenvalue weighted by Crippen LogP contribution is -2.45. The summed E-state index contributed by atoms with van der Waals surface area (Å²) < 4.78 is 0. The molecule has 2 heterocycles. The summed E-state index contributed by atoms with van der Waals surface area (Å²) in [6.45, 7) is 8.56. The van der Waals surface area contributed by atoms with Crippen molar-refractivity contribution in [2.45, 2.75) is 46.1 Å². The highest BCUT2D eigenvalue weighted by molar-refractivity contribution is 7.13. The average molecular weight is 281 g/mol. The predicted molar refractivity (Wildman–Crippen MR) is 78.8 cm³/mol. The monoisotopic (exact) mass is 281 g/mol. The zero-order valence-electron chi connectivity index (χ0n) is 12.0. The van der Waals surface area contributed by atoms with Crippen LogP contribution < -0.4 is 5.32 Å². The number of nitrogens with one attached hydrogen (secondary N) is 1. The van der Waals surface area contributed by atoms with Crippen LogP contribution in [-0.2, 0) is 0 Å². The third-order valence-electron chi connectivity index (χ3n) is 3.62. The van der Waals surface area contributed by atoms with Gasteiger partial charge in [-0.15, -0.1) is 11.3 Å². The molecular weight excluding hydrogens is 258 g/mol. The van der Waals surface area contributed by atoms with Crippen molar-refractivity contribution in [1.29, 1.82) is 0 Å². The Morgan fingerprint density at radius 2 is 2.26 bits per heavy atom. The van der Waals surface area contributed by atoms with Crippen LogP contribution in [0, 0.1) is 13.8 Å². The minimum atomic E-state index is 0.137. The van der Waals surface area contributed by atoms with E-state index in [4.69, 9.17) is 0 Å². The fourth-order valence-corrected chi connectivity index (χ4v) is 3.46. The van der Waals surface area contributed by atoms with E-state index in [1.54, 1.807) is 0 Å². The third kappa shape index (κ3) is 3.54. The van der Waals surface area contributed by atoms with Gasteiger partial charge in [0.1, 0.15) is 4.88 Å². The van der Waals surface area contributed by atoms with E-state index in [9.17, 15) is 4.79 Å². The molecule has 1 unspecified atom stereocenters. The highest BCUT2D eigenvalue weighted by atomic mass is 32.1. The molecular formula is C14H23N3OS. The molecule has 0 aromatic carbocycles. The van der Waals surface area contributed by atoms with Gasteiger partial charge in [0.15, 0.2) is 0 Å². The lowest BCUT2D eigenvalue weighted by Gasteiger charge is -2.29. The highest BCUT2D eigenvalue weighted by Gasteiger charge is 2.23. The summed E-state index contributed by atoms with van der Waals surface area (Å²) in [6.07, 6.45) is 3.69. The van der Waals surface area contributed by atoms with Crippen molar-refractivity contribution in [2.75, 3.05) is 19.6 Å². The fourth-order valence-electron chi connectivity index (χ4n) is 2.57. The number of nitrogens with zero attached hydrogens (tertiary/aromatic N) is 2. The average Bonchev–Trinajstić information content (AvgIpc) is 2.75. The van der Waals surface area contributed by atoms with Gasteiger partial charge in [-0.25, -0.2) is 4.98 Å². The molecule has 19 heavy (non-hydrogen) atoms. The Hall–Kier alpha value is -0.940. The number of thiazole rings is 1. The third-order valence-corrected chi connectivity index (χ3v) is 4.68. The molecule has 0 radical (unpaired) electrons. The van der Waals surface area contributed by atoms with Crippen LogP contribution in [-0.4, -0.2) is 41.5 Å². The van der Waals surface area contributed by atoms with Gasteiger partial charge in [0.05, 0.1) is 10.7 Å². The van der Waals surface area contributed by atoms with E-state index in [2.05, 4.69) is 10.3 Å². The summed E-state index contributed by atoms with van der Waals surface area (Å²) in [5.74, 6) is 0.137. The zero-order chi connectivity index (χ0) is 13.8.